The van der Waals surface area contributed by atoms with Gasteiger partial charge in [0, 0.05) is 25.0 Å². The third kappa shape index (κ3) is 4.11. The third-order valence-corrected chi connectivity index (χ3v) is 6.08. The molecule has 3 rings (SSSR count). The second-order valence-electron chi connectivity index (χ2n) is 6.63. The maximum Gasteiger partial charge on any atom is 0.322 e. The molecular weight excluding hydrogens is 467 g/mol. The van der Waals surface area contributed by atoms with Gasteiger partial charge in [-0.25, -0.2) is 9.78 Å². The number of aromatic nitrogens is 1. The van der Waals surface area contributed by atoms with Crippen molar-refractivity contribution >= 4 is 53.2 Å². The minimum absolute atomic E-state index is 0. The Morgan fingerprint density at radius 3 is 2.65 bits per heavy atom. The van der Waals surface area contributed by atoms with Crippen LogP contribution >= 0.6 is 35.3 Å². The summed E-state index contributed by atoms with van der Waals surface area (Å²) in [5.74, 6) is 0.757. The molecule has 0 aromatic carbocycles. The van der Waals surface area contributed by atoms with Crippen molar-refractivity contribution in [2.24, 2.45) is 10.9 Å². The van der Waals surface area contributed by atoms with Crippen LogP contribution in [0.2, 0.25) is 0 Å². The average Bonchev–Trinajstić information content (AvgIpc) is 3.12. The van der Waals surface area contributed by atoms with Gasteiger partial charge in [-0.15, -0.1) is 35.3 Å². The van der Waals surface area contributed by atoms with Crippen LogP contribution in [0.15, 0.2) is 10.5 Å². The molecule has 0 aliphatic carbocycles. The predicted octanol–water partition coefficient (Wildman–Crippen LogP) is 1.46. The standard InChI is InChI=1S/C16H24N6O2S.HI/c1-10-12(25-9-19-10)8-18-14(17-3)22-6-4-11(5-7-22)16(2)13(23)20-15(24)21-16;/h9,11H,4-8H2,1-3H3,(H,17,18)(H2,20,21,23,24);1H. The minimum Gasteiger partial charge on any atom is -0.351 e. The van der Waals surface area contributed by atoms with E-state index >= 15 is 0 Å². The number of aliphatic imine (C=N–C) groups is 1. The molecule has 2 aliphatic rings. The number of likely N-dealkylation sites (tertiary alicyclic amines) is 1. The molecule has 0 spiro atoms. The zero-order valence-electron chi connectivity index (χ0n) is 15.2. The van der Waals surface area contributed by atoms with Crippen molar-refractivity contribution in [2.75, 3.05) is 20.1 Å². The second-order valence-corrected chi connectivity index (χ2v) is 7.57. The van der Waals surface area contributed by atoms with Crippen molar-refractivity contribution in [3.8, 4) is 0 Å². The molecule has 2 fully saturated rings. The van der Waals surface area contributed by atoms with E-state index in [2.05, 4.69) is 30.8 Å². The molecule has 1 unspecified atom stereocenters. The summed E-state index contributed by atoms with van der Waals surface area (Å²) in [6.07, 6.45) is 1.65. The second kappa shape index (κ2) is 8.51. The van der Waals surface area contributed by atoms with E-state index in [9.17, 15) is 9.59 Å². The highest BCUT2D eigenvalue weighted by atomic mass is 127. The maximum absolute atomic E-state index is 12.1. The monoisotopic (exact) mass is 492 g/mol. The first-order valence-electron chi connectivity index (χ1n) is 8.42. The fourth-order valence-corrected chi connectivity index (χ4v) is 4.22. The normalized spacial score (nSPS) is 24.1. The molecule has 8 nitrogen and oxygen atoms in total. The zero-order valence-corrected chi connectivity index (χ0v) is 18.3. The maximum atomic E-state index is 12.1. The molecule has 3 heterocycles. The predicted molar refractivity (Wildman–Crippen MR) is 112 cm³/mol. The molecule has 0 radical (unpaired) electrons. The molecule has 26 heavy (non-hydrogen) atoms. The van der Waals surface area contributed by atoms with Gasteiger partial charge < -0.3 is 15.5 Å². The number of carbonyl (C=O) groups is 2. The Morgan fingerprint density at radius 1 is 1.46 bits per heavy atom. The molecule has 0 bridgehead atoms. The number of urea groups is 1. The van der Waals surface area contributed by atoms with E-state index in [1.54, 1.807) is 18.4 Å². The molecule has 3 amide bonds. The van der Waals surface area contributed by atoms with Crippen LogP contribution in [-0.2, 0) is 11.3 Å². The lowest BCUT2D eigenvalue weighted by molar-refractivity contribution is -0.125. The van der Waals surface area contributed by atoms with Crippen molar-refractivity contribution < 1.29 is 9.59 Å². The molecule has 144 valence electrons. The smallest absolute Gasteiger partial charge is 0.322 e. The van der Waals surface area contributed by atoms with Crippen molar-refractivity contribution in [1.29, 1.82) is 0 Å². The highest BCUT2D eigenvalue weighted by Gasteiger charge is 2.48. The molecule has 1 atom stereocenters. The number of amides is 3. The van der Waals surface area contributed by atoms with Crippen LogP contribution in [0.1, 0.15) is 30.3 Å². The van der Waals surface area contributed by atoms with E-state index in [0.29, 0.717) is 6.54 Å². The average molecular weight is 492 g/mol. The van der Waals surface area contributed by atoms with Crippen LogP contribution in [0.4, 0.5) is 4.79 Å². The summed E-state index contributed by atoms with van der Waals surface area (Å²) in [5, 5.41) is 8.53. The van der Waals surface area contributed by atoms with Crippen LogP contribution in [0, 0.1) is 12.8 Å². The van der Waals surface area contributed by atoms with E-state index in [-0.39, 0.29) is 35.8 Å². The number of hydrogen-bond acceptors (Lipinski definition) is 5. The van der Waals surface area contributed by atoms with Crippen LogP contribution in [-0.4, -0.2) is 53.5 Å². The van der Waals surface area contributed by atoms with Crippen molar-refractivity contribution in [1.82, 2.24) is 25.8 Å². The van der Waals surface area contributed by atoms with Gasteiger partial charge in [-0.3, -0.25) is 15.1 Å². The van der Waals surface area contributed by atoms with E-state index < -0.39 is 11.6 Å². The van der Waals surface area contributed by atoms with Gasteiger partial charge in [-0.2, -0.15) is 0 Å². The first kappa shape index (κ1) is 20.9. The number of halogens is 1. The topological polar surface area (TPSA) is 98.7 Å². The number of guanidine groups is 1. The lowest BCUT2D eigenvalue weighted by atomic mass is 9.79. The van der Waals surface area contributed by atoms with Gasteiger partial charge in [-0.05, 0) is 32.6 Å². The Balaban J connectivity index is 0.00000243. The summed E-state index contributed by atoms with van der Waals surface area (Å²) in [6.45, 7) is 6.12. The van der Waals surface area contributed by atoms with Crippen molar-refractivity contribution in [3.63, 3.8) is 0 Å². The lowest BCUT2D eigenvalue weighted by Gasteiger charge is -2.39. The number of carbonyl (C=O) groups excluding carboxylic acids is 2. The Labute approximate surface area is 174 Å². The van der Waals surface area contributed by atoms with Crippen molar-refractivity contribution in [3.05, 3.63) is 16.1 Å². The van der Waals surface area contributed by atoms with E-state index in [1.807, 2.05) is 19.4 Å². The van der Waals surface area contributed by atoms with Gasteiger partial charge in [0.05, 0.1) is 17.7 Å². The van der Waals surface area contributed by atoms with Gasteiger partial charge in [0.15, 0.2) is 5.96 Å². The van der Waals surface area contributed by atoms with Gasteiger partial charge in [-0.1, -0.05) is 0 Å². The molecule has 2 aliphatic heterocycles. The largest absolute Gasteiger partial charge is 0.351 e. The summed E-state index contributed by atoms with van der Waals surface area (Å²) >= 11 is 1.63. The fourth-order valence-electron chi connectivity index (χ4n) is 3.50. The third-order valence-electron chi connectivity index (χ3n) is 5.15. The number of nitrogens with one attached hydrogen (secondary N) is 3. The summed E-state index contributed by atoms with van der Waals surface area (Å²) in [6, 6.07) is -0.396. The summed E-state index contributed by atoms with van der Waals surface area (Å²) in [4.78, 5) is 35.6. The molecule has 10 heteroatoms. The Bertz CT molecular complexity index is 701. The number of piperidine rings is 1. The van der Waals surface area contributed by atoms with Gasteiger partial charge in [0.25, 0.3) is 5.91 Å². The summed E-state index contributed by atoms with van der Waals surface area (Å²) in [5.41, 5.74) is 2.09. The van der Waals surface area contributed by atoms with E-state index in [4.69, 9.17) is 0 Å². The summed E-state index contributed by atoms with van der Waals surface area (Å²) < 4.78 is 0. The van der Waals surface area contributed by atoms with Gasteiger partial charge >= 0.3 is 6.03 Å². The number of aryl methyl sites for hydroxylation is 1. The van der Waals surface area contributed by atoms with Crippen LogP contribution in [0.5, 0.6) is 0 Å². The van der Waals surface area contributed by atoms with E-state index in [1.165, 1.54) is 4.88 Å². The number of nitrogens with zero attached hydrogens (tertiary/aromatic N) is 3. The molecular formula is C16H25IN6O2S. The Hall–Kier alpha value is -1.43. The first-order valence-corrected chi connectivity index (χ1v) is 9.30. The first-order chi connectivity index (χ1) is 11.9. The van der Waals surface area contributed by atoms with Crippen LogP contribution in [0.3, 0.4) is 0 Å². The van der Waals surface area contributed by atoms with Crippen LogP contribution in [0.25, 0.3) is 0 Å². The van der Waals surface area contributed by atoms with E-state index in [0.717, 1.165) is 37.6 Å². The molecule has 1 aromatic rings. The van der Waals surface area contributed by atoms with Gasteiger partial charge in [0.2, 0.25) is 0 Å². The zero-order chi connectivity index (χ0) is 18.0. The molecule has 2 saturated heterocycles. The summed E-state index contributed by atoms with van der Waals surface area (Å²) in [7, 11) is 1.78. The van der Waals surface area contributed by atoms with Crippen molar-refractivity contribution in [2.45, 2.75) is 38.8 Å². The van der Waals surface area contributed by atoms with Crippen LogP contribution < -0.4 is 16.0 Å². The van der Waals surface area contributed by atoms with Gasteiger partial charge in [0.1, 0.15) is 5.54 Å². The molecule has 1 aromatic heterocycles. The molecule has 3 N–H and O–H groups in total. The SMILES string of the molecule is CN=C(NCc1scnc1C)N1CCC(C2(C)NC(=O)NC2=O)CC1.I. The highest BCUT2D eigenvalue weighted by molar-refractivity contribution is 14.0. The molecule has 0 saturated carbocycles. The Morgan fingerprint density at radius 2 is 2.15 bits per heavy atom. The number of thiazole rings is 1. The number of hydrogen-bond donors (Lipinski definition) is 3. The lowest BCUT2D eigenvalue weighted by Crippen LogP contribution is -2.55. The quantitative estimate of drug-likeness (QED) is 0.257. The Kier molecular flexibility index (Phi) is 6.83. The minimum atomic E-state index is -0.806. The number of imide groups is 1. The number of rotatable bonds is 3. The fraction of sp³-hybridized carbons (Fsp3) is 0.625. The highest BCUT2D eigenvalue weighted by Crippen LogP contribution is 2.30.